The van der Waals surface area contributed by atoms with E-state index in [4.69, 9.17) is 4.74 Å². The maximum Gasteiger partial charge on any atom is 0.435 e. The van der Waals surface area contributed by atoms with Gasteiger partial charge in [-0.1, -0.05) is 19.6 Å². The molecule has 0 atom stereocenters. The Kier molecular flexibility index (Phi) is 8.06. The first-order valence-electron chi connectivity index (χ1n) is 11.1. The highest BCUT2D eigenvalue weighted by Crippen LogP contribution is 2.32. The molecule has 1 aliphatic rings. The fourth-order valence-corrected chi connectivity index (χ4v) is 5.17. The van der Waals surface area contributed by atoms with E-state index in [1.165, 1.54) is 18.3 Å². The molecule has 0 aliphatic carbocycles. The van der Waals surface area contributed by atoms with Crippen molar-refractivity contribution in [2.75, 3.05) is 25.0 Å². The standard InChI is InChI=1S/C21H30F3N5O3SSi/c1-14-11-16(21(22,23)24)27-29(14)12-18(30)28-7-5-15(6-8-28)19-25-17(13-33-19)26-20(31)32-9-10-34(2,3)4/h11,13,15H,5-10,12H2,1-4H3,(H,26,31). The van der Waals surface area contributed by atoms with Crippen molar-refractivity contribution < 1.29 is 27.5 Å². The molecule has 2 aromatic heterocycles. The van der Waals surface area contributed by atoms with Crippen molar-refractivity contribution in [3.8, 4) is 0 Å². The SMILES string of the molecule is Cc1cc(C(F)(F)F)nn1CC(=O)N1CCC(c2nc(NC(=O)OCC[Si](C)(C)C)cs2)CC1. The first-order chi connectivity index (χ1) is 15.8. The zero-order chi connectivity index (χ0) is 25.1. The molecular formula is C21H30F3N5O3SSi. The van der Waals surface area contributed by atoms with E-state index >= 15 is 0 Å². The number of alkyl halides is 3. The van der Waals surface area contributed by atoms with Crippen LogP contribution in [0.3, 0.4) is 0 Å². The lowest BCUT2D eigenvalue weighted by Gasteiger charge is -2.31. The first-order valence-corrected chi connectivity index (χ1v) is 15.7. The fourth-order valence-electron chi connectivity index (χ4n) is 3.54. The van der Waals surface area contributed by atoms with E-state index in [1.807, 2.05) is 0 Å². The van der Waals surface area contributed by atoms with Crippen molar-refractivity contribution >= 4 is 37.2 Å². The van der Waals surface area contributed by atoms with Crippen LogP contribution in [0.1, 0.15) is 35.2 Å². The average molecular weight is 518 g/mol. The van der Waals surface area contributed by atoms with E-state index in [0.29, 0.717) is 38.4 Å². The molecule has 8 nitrogen and oxygen atoms in total. The van der Waals surface area contributed by atoms with Crippen LogP contribution in [0.2, 0.25) is 25.7 Å². The molecule has 3 rings (SSSR count). The minimum atomic E-state index is -4.54. The van der Waals surface area contributed by atoms with Crippen molar-refractivity contribution in [2.24, 2.45) is 0 Å². The summed E-state index contributed by atoms with van der Waals surface area (Å²) >= 11 is 1.45. The summed E-state index contributed by atoms with van der Waals surface area (Å²) in [7, 11) is -1.28. The van der Waals surface area contributed by atoms with E-state index in [1.54, 1.807) is 10.3 Å². The third-order valence-electron chi connectivity index (χ3n) is 5.59. The smallest absolute Gasteiger partial charge is 0.435 e. The third-order valence-corrected chi connectivity index (χ3v) is 8.30. The minimum absolute atomic E-state index is 0.149. The number of carbonyl (C=O) groups excluding carboxylic acids is 2. The lowest BCUT2D eigenvalue weighted by atomic mass is 9.97. The van der Waals surface area contributed by atoms with Crippen LogP contribution in [0.15, 0.2) is 11.4 Å². The highest BCUT2D eigenvalue weighted by atomic mass is 32.1. The molecule has 2 amide bonds. The topological polar surface area (TPSA) is 89.4 Å². The zero-order valence-electron chi connectivity index (χ0n) is 19.7. The predicted molar refractivity (Wildman–Crippen MR) is 126 cm³/mol. The van der Waals surface area contributed by atoms with E-state index in [0.717, 1.165) is 21.8 Å². The number of nitrogens with one attached hydrogen (secondary N) is 1. The fraction of sp³-hybridized carbons (Fsp3) is 0.619. The Morgan fingerprint density at radius 3 is 2.53 bits per heavy atom. The summed E-state index contributed by atoms with van der Waals surface area (Å²) in [6.45, 7) is 9.26. The summed E-state index contributed by atoms with van der Waals surface area (Å²) in [4.78, 5) is 30.7. The van der Waals surface area contributed by atoms with Crippen LogP contribution >= 0.6 is 11.3 Å². The second kappa shape index (κ2) is 10.5. The Morgan fingerprint density at radius 2 is 1.94 bits per heavy atom. The highest BCUT2D eigenvalue weighted by Gasteiger charge is 2.35. The summed E-state index contributed by atoms with van der Waals surface area (Å²) in [5.74, 6) is 0.336. The van der Waals surface area contributed by atoms with Gasteiger partial charge in [0.1, 0.15) is 12.4 Å². The lowest BCUT2D eigenvalue weighted by Crippen LogP contribution is -2.40. The van der Waals surface area contributed by atoms with Gasteiger partial charge in [-0.05, 0) is 31.9 Å². The number of ether oxygens (including phenoxy) is 1. The number of aryl methyl sites for hydroxylation is 1. The molecule has 0 aromatic carbocycles. The van der Waals surface area contributed by atoms with Gasteiger partial charge in [0.15, 0.2) is 5.69 Å². The molecular weight excluding hydrogens is 487 g/mol. The number of hydrogen-bond acceptors (Lipinski definition) is 6. The van der Waals surface area contributed by atoms with Gasteiger partial charge in [-0.2, -0.15) is 18.3 Å². The maximum atomic E-state index is 12.8. The van der Waals surface area contributed by atoms with Crippen LogP contribution in [0.4, 0.5) is 23.8 Å². The van der Waals surface area contributed by atoms with Gasteiger partial charge in [-0.3, -0.25) is 14.8 Å². The Morgan fingerprint density at radius 1 is 1.26 bits per heavy atom. The molecule has 1 aliphatic heterocycles. The van der Waals surface area contributed by atoms with Crippen molar-refractivity contribution in [1.29, 1.82) is 0 Å². The van der Waals surface area contributed by atoms with Crippen molar-refractivity contribution in [2.45, 2.75) is 64.1 Å². The van der Waals surface area contributed by atoms with Crippen LogP contribution in [-0.2, 0) is 22.3 Å². The van der Waals surface area contributed by atoms with Gasteiger partial charge in [-0.15, -0.1) is 11.3 Å². The van der Waals surface area contributed by atoms with Gasteiger partial charge in [-0.25, -0.2) is 9.78 Å². The number of halogens is 3. The monoisotopic (exact) mass is 517 g/mol. The predicted octanol–water partition coefficient (Wildman–Crippen LogP) is 4.96. The Labute approximate surface area is 201 Å². The molecule has 1 saturated heterocycles. The van der Waals surface area contributed by atoms with E-state index in [9.17, 15) is 22.8 Å². The molecule has 0 bridgehead atoms. The van der Waals surface area contributed by atoms with Crippen LogP contribution < -0.4 is 5.32 Å². The largest absolute Gasteiger partial charge is 0.450 e. The molecule has 1 N–H and O–H groups in total. The maximum absolute atomic E-state index is 12.8. The number of anilines is 1. The normalized spacial score (nSPS) is 15.4. The number of likely N-dealkylation sites (tertiary alicyclic amines) is 1. The minimum Gasteiger partial charge on any atom is -0.450 e. The van der Waals surface area contributed by atoms with Crippen LogP contribution in [-0.4, -0.2) is 59.4 Å². The summed E-state index contributed by atoms with van der Waals surface area (Å²) in [6.07, 6.45) is -3.68. The number of thiazole rings is 1. The Balaban J connectivity index is 1.47. The number of carbonyl (C=O) groups is 2. The van der Waals surface area contributed by atoms with Crippen LogP contribution in [0.5, 0.6) is 0 Å². The number of piperidine rings is 1. The molecule has 0 saturated carbocycles. The molecule has 188 valence electrons. The van der Waals surface area contributed by atoms with E-state index in [-0.39, 0.29) is 24.1 Å². The van der Waals surface area contributed by atoms with Gasteiger partial charge in [0.2, 0.25) is 5.91 Å². The first kappa shape index (κ1) is 26.2. The molecule has 13 heteroatoms. The van der Waals surface area contributed by atoms with E-state index in [2.05, 4.69) is 35.0 Å². The molecule has 3 heterocycles. The van der Waals surface area contributed by atoms with Gasteiger partial charge < -0.3 is 9.64 Å². The van der Waals surface area contributed by atoms with Gasteiger partial charge in [0.25, 0.3) is 0 Å². The average Bonchev–Trinajstić information content (AvgIpc) is 3.34. The summed E-state index contributed by atoms with van der Waals surface area (Å²) < 4.78 is 44.9. The van der Waals surface area contributed by atoms with Crippen molar-refractivity contribution in [3.05, 3.63) is 27.8 Å². The number of hydrogen-bond donors (Lipinski definition) is 1. The van der Waals surface area contributed by atoms with Gasteiger partial charge >= 0.3 is 12.3 Å². The van der Waals surface area contributed by atoms with Crippen molar-refractivity contribution in [1.82, 2.24) is 19.7 Å². The Bertz CT molecular complexity index is 1010. The second-order valence-corrected chi connectivity index (χ2v) is 16.1. The van der Waals surface area contributed by atoms with Gasteiger partial charge in [0.05, 0.1) is 11.6 Å². The summed E-state index contributed by atoms with van der Waals surface area (Å²) in [6, 6.07) is 1.83. The number of nitrogens with zero attached hydrogens (tertiary/aromatic N) is 4. The second-order valence-electron chi connectivity index (χ2n) is 9.62. The van der Waals surface area contributed by atoms with Gasteiger partial charge in [0, 0.05) is 38.2 Å². The molecule has 0 spiro atoms. The lowest BCUT2D eigenvalue weighted by molar-refractivity contribution is -0.142. The van der Waals surface area contributed by atoms with E-state index < -0.39 is 26.0 Å². The number of amides is 2. The Hall–Kier alpha value is -2.41. The van der Waals surface area contributed by atoms with Crippen molar-refractivity contribution in [3.63, 3.8) is 0 Å². The number of aromatic nitrogens is 3. The molecule has 34 heavy (non-hydrogen) atoms. The third kappa shape index (κ3) is 7.29. The molecule has 0 radical (unpaired) electrons. The summed E-state index contributed by atoms with van der Waals surface area (Å²) in [5.41, 5.74) is -0.706. The quantitative estimate of drug-likeness (QED) is 0.525. The molecule has 2 aromatic rings. The molecule has 1 fully saturated rings. The molecule has 0 unspecified atom stereocenters. The van der Waals surface area contributed by atoms with Crippen LogP contribution in [0, 0.1) is 6.92 Å². The number of rotatable bonds is 7. The van der Waals surface area contributed by atoms with Crippen LogP contribution in [0.25, 0.3) is 0 Å². The highest BCUT2D eigenvalue weighted by molar-refractivity contribution is 7.10. The zero-order valence-corrected chi connectivity index (χ0v) is 21.6. The summed E-state index contributed by atoms with van der Waals surface area (Å²) in [5, 5.41) is 8.83.